The van der Waals surface area contributed by atoms with Gasteiger partial charge in [0.15, 0.2) is 0 Å². The highest BCUT2D eigenvalue weighted by molar-refractivity contribution is 6.03. The van der Waals surface area contributed by atoms with Crippen molar-refractivity contribution >= 4 is 29.6 Å². The van der Waals surface area contributed by atoms with Gasteiger partial charge < -0.3 is 23.8 Å². The van der Waals surface area contributed by atoms with Crippen LogP contribution in [0.4, 0.5) is 22.8 Å². The van der Waals surface area contributed by atoms with E-state index in [0.717, 1.165) is 6.07 Å². The number of nitrogens with one attached hydrogen (secondary N) is 1. The third kappa shape index (κ3) is 14.0. The molecule has 1 heterocycles. The number of amides is 2. The molecule has 13 heteroatoms. The zero-order chi connectivity index (χ0) is 37.0. The number of ether oxygens (including phenoxy) is 4. The van der Waals surface area contributed by atoms with Crippen molar-refractivity contribution < 1.29 is 41.7 Å². The van der Waals surface area contributed by atoms with Crippen LogP contribution in [-0.4, -0.2) is 72.9 Å². The molecule has 1 aliphatic rings. The standard InChI is InChI=1S/C36H55F3N4O6/c1-11-16-27(25-18-19-29(26(23-25)36(37,38)39)47-22-14-13-21-46-10)40-30(24(3)12-2)28-17-15-20-43(28)31(41-32(44)48-34(4,5)6)42-33(45)49-35(7,8)9/h16,18-19,23-24,28H,11-15,17,20-22H2,1-10H3,(H,41,42,44,45)/b27-16-,40-30?. The van der Waals surface area contributed by atoms with Crippen LogP contribution in [0.25, 0.3) is 5.70 Å². The molecule has 1 N–H and O–H groups in total. The minimum atomic E-state index is -4.65. The number of nitrogens with zero attached hydrogens (tertiary/aromatic N) is 3. The first-order valence-electron chi connectivity index (χ1n) is 17.0. The predicted molar refractivity (Wildman–Crippen MR) is 186 cm³/mol. The summed E-state index contributed by atoms with van der Waals surface area (Å²) in [7, 11) is 1.57. The number of alkyl halides is 3. The summed E-state index contributed by atoms with van der Waals surface area (Å²) in [6.07, 6.45) is -0.833. The van der Waals surface area contributed by atoms with Gasteiger partial charge in [0, 0.05) is 31.5 Å². The number of unbranched alkanes of at least 4 members (excludes halogenated alkanes) is 1. The monoisotopic (exact) mass is 696 g/mol. The van der Waals surface area contributed by atoms with Crippen LogP contribution in [0.2, 0.25) is 0 Å². The topological polar surface area (TPSA) is 111 Å². The molecule has 276 valence electrons. The summed E-state index contributed by atoms with van der Waals surface area (Å²) < 4.78 is 64.3. The second-order valence-electron chi connectivity index (χ2n) is 14.0. The van der Waals surface area contributed by atoms with Crippen molar-refractivity contribution in [1.29, 1.82) is 0 Å². The Bertz CT molecular complexity index is 1350. The Hall–Kier alpha value is -3.61. The van der Waals surface area contributed by atoms with Gasteiger partial charge >= 0.3 is 18.4 Å². The fourth-order valence-electron chi connectivity index (χ4n) is 5.11. The molecule has 2 amide bonds. The first-order chi connectivity index (χ1) is 22.8. The number of carbonyl (C=O) groups excluding carboxylic acids is 2. The van der Waals surface area contributed by atoms with Crippen molar-refractivity contribution in [3.63, 3.8) is 0 Å². The van der Waals surface area contributed by atoms with E-state index in [4.69, 9.17) is 23.9 Å². The molecular weight excluding hydrogens is 641 g/mol. The van der Waals surface area contributed by atoms with E-state index in [1.54, 1.807) is 65.7 Å². The third-order valence-electron chi connectivity index (χ3n) is 7.42. The largest absolute Gasteiger partial charge is 0.493 e. The van der Waals surface area contributed by atoms with Gasteiger partial charge in [0.1, 0.15) is 17.0 Å². The molecule has 2 unspecified atom stereocenters. The van der Waals surface area contributed by atoms with Crippen molar-refractivity contribution in [1.82, 2.24) is 10.2 Å². The normalized spacial score (nSPS) is 17.2. The van der Waals surface area contributed by atoms with Crippen LogP contribution in [0.5, 0.6) is 5.75 Å². The SMILES string of the molecule is CC/C=C(\N=C(C(C)CC)C1CCCN1/C(=N\C(=O)OC(C)(C)C)NC(=O)OC(C)(C)C)c1ccc(OCCCCOC)c(C(F)(F)F)c1. The van der Waals surface area contributed by atoms with E-state index >= 15 is 0 Å². The summed E-state index contributed by atoms with van der Waals surface area (Å²) in [6, 6.07) is 3.58. The van der Waals surface area contributed by atoms with Crippen LogP contribution >= 0.6 is 0 Å². The highest BCUT2D eigenvalue weighted by atomic mass is 19.4. The van der Waals surface area contributed by atoms with Gasteiger partial charge in [-0.1, -0.05) is 26.8 Å². The number of hydrogen-bond donors (Lipinski definition) is 1. The Morgan fingerprint density at radius 1 is 1.02 bits per heavy atom. The van der Waals surface area contributed by atoms with Crippen LogP contribution in [0.15, 0.2) is 34.3 Å². The average Bonchev–Trinajstić information content (AvgIpc) is 3.46. The molecule has 10 nitrogen and oxygen atoms in total. The Labute approximate surface area is 289 Å². The Kier molecular flexibility index (Phi) is 15.6. The second kappa shape index (κ2) is 18.4. The first-order valence-corrected chi connectivity index (χ1v) is 17.0. The number of halogens is 3. The molecule has 49 heavy (non-hydrogen) atoms. The highest BCUT2D eigenvalue weighted by Crippen LogP contribution is 2.39. The number of likely N-dealkylation sites (tertiary alicyclic amines) is 1. The smallest absolute Gasteiger partial charge is 0.437 e. The lowest BCUT2D eigenvalue weighted by molar-refractivity contribution is -0.139. The number of methoxy groups -OCH3 is 1. The van der Waals surface area contributed by atoms with Gasteiger partial charge in [-0.05, 0) is 104 Å². The summed E-state index contributed by atoms with van der Waals surface area (Å²) in [6.45, 7) is 17.2. The molecule has 1 saturated heterocycles. The van der Waals surface area contributed by atoms with Gasteiger partial charge in [0.05, 0.1) is 23.9 Å². The minimum Gasteiger partial charge on any atom is -0.493 e. The van der Waals surface area contributed by atoms with Gasteiger partial charge in [-0.2, -0.15) is 13.2 Å². The van der Waals surface area contributed by atoms with Crippen LogP contribution < -0.4 is 10.1 Å². The first kappa shape index (κ1) is 41.6. The van der Waals surface area contributed by atoms with Crippen LogP contribution in [0, 0.1) is 5.92 Å². The summed E-state index contributed by atoms with van der Waals surface area (Å²) in [5.41, 5.74) is -1.16. The Morgan fingerprint density at radius 3 is 2.24 bits per heavy atom. The fourth-order valence-corrected chi connectivity index (χ4v) is 5.11. The highest BCUT2D eigenvalue weighted by Gasteiger charge is 2.37. The molecule has 2 atom stereocenters. The Morgan fingerprint density at radius 2 is 1.67 bits per heavy atom. The molecule has 1 fully saturated rings. The molecule has 1 aromatic rings. The molecule has 1 aromatic carbocycles. The van der Waals surface area contributed by atoms with Gasteiger partial charge in [-0.15, -0.1) is 4.99 Å². The number of carbonyl (C=O) groups is 2. The molecule has 1 aliphatic heterocycles. The maximum atomic E-state index is 14.3. The Balaban J connectivity index is 2.62. The fraction of sp³-hybridized carbons (Fsp3) is 0.667. The molecule has 0 radical (unpaired) electrons. The molecule has 0 aliphatic carbocycles. The quantitative estimate of drug-likeness (QED) is 0.132. The lowest BCUT2D eigenvalue weighted by atomic mass is 9.94. The van der Waals surface area contributed by atoms with E-state index in [1.807, 2.05) is 20.8 Å². The molecule has 0 spiro atoms. The molecule has 0 aromatic heterocycles. The minimum absolute atomic E-state index is 0.0469. The van der Waals surface area contributed by atoms with E-state index in [1.165, 1.54) is 6.07 Å². The van der Waals surface area contributed by atoms with Crippen molar-refractivity contribution in [2.75, 3.05) is 26.9 Å². The molecule has 0 saturated carbocycles. The molecular formula is C36H55F3N4O6. The van der Waals surface area contributed by atoms with Crippen LogP contribution in [0.3, 0.4) is 0 Å². The molecule has 2 rings (SSSR count). The average molecular weight is 697 g/mol. The zero-order valence-corrected chi connectivity index (χ0v) is 30.8. The maximum Gasteiger partial charge on any atom is 0.437 e. The predicted octanol–water partition coefficient (Wildman–Crippen LogP) is 9.03. The number of allylic oxidation sites excluding steroid dienone is 1. The third-order valence-corrected chi connectivity index (χ3v) is 7.42. The summed E-state index contributed by atoms with van der Waals surface area (Å²) in [5, 5.41) is 2.64. The van der Waals surface area contributed by atoms with Gasteiger partial charge in [0.2, 0.25) is 5.96 Å². The number of benzene rings is 1. The molecule has 0 bridgehead atoms. The lowest BCUT2D eigenvalue weighted by Gasteiger charge is -2.32. The number of hydrogen-bond acceptors (Lipinski definition) is 7. The lowest BCUT2D eigenvalue weighted by Crippen LogP contribution is -2.51. The van der Waals surface area contributed by atoms with E-state index < -0.39 is 41.2 Å². The number of aliphatic imine (C=N–C) groups is 2. The summed E-state index contributed by atoms with van der Waals surface area (Å²) in [4.78, 5) is 36.8. The number of rotatable bonds is 12. The summed E-state index contributed by atoms with van der Waals surface area (Å²) >= 11 is 0. The van der Waals surface area contributed by atoms with E-state index in [0.29, 0.717) is 68.6 Å². The zero-order valence-electron chi connectivity index (χ0n) is 30.8. The van der Waals surface area contributed by atoms with E-state index in [2.05, 4.69) is 10.3 Å². The number of alkyl carbamates (subject to hydrolysis) is 1. The van der Waals surface area contributed by atoms with Gasteiger partial charge in [0.25, 0.3) is 0 Å². The number of guanidine groups is 1. The van der Waals surface area contributed by atoms with Crippen molar-refractivity contribution in [3.8, 4) is 5.75 Å². The summed E-state index contributed by atoms with van der Waals surface area (Å²) in [5.74, 6) is -0.393. The van der Waals surface area contributed by atoms with Crippen molar-refractivity contribution in [2.45, 2.75) is 124 Å². The van der Waals surface area contributed by atoms with Crippen LogP contribution in [0.1, 0.15) is 112 Å². The van der Waals surface area contributed by atoms with Crippen molar-refractivity contribution in [2.24, 2.45) is 15.9 Å². The second-order valence-corrected chi connectivity index (χ2v) is 14.0. The van der Waals surface area contributed by atoms with Crippen LogP contribution in [-0.2, 0) is 20.4 Å². The van der Waals surface area contributed by atoms with Gasteiger partial charge in [-0.25, -0.2) is 9.59 Å². The van der Waals surface area contributed by atoms with Gasteiger partial charge in [-0.3, -0.25) is 10.3 Å². The van der Waals surface area contributed by atoms with E-state index in [9.17, 15) is 22.8 Å². The van der Waals surface area contributed by atoms with Crippen molar-refractivity contribution in [3.05, 3.63) is 35.4 Å². The maximum absolute atomic E-state index is 14.3. The van der Waals surface area contributed by atoms with E-state index in [-0.39, 0.29) is 24.2 Å².